The number of halogens is 1. The van der Waals surface area contributed by atoms with Crippen molar-refractivity contribution >= 4 is 40.8 Å². The molecule has 0 bridgehead atoms. The summed E-state index contributed by atoms with van der Waals surface area (Å²) < 4.78 is 6.52. The highest BCUT2D eigenvalue weighted by Gasteiger charge is 2.18. The molecule has 0 aliphatic rings. The summed E-state index contributed by atoms with van der Waals surface area (Å²) in [5, 5.41) is 11.0. The van der Waals surface area contributed by atoms with E-state index in [4.69, 9.17) is 16.3 Å². The largest absolute Gasteiger partial charge is 0.451 e. The molecule has 0 saturated heterocycles. The van der Waals surface area contributed by atoms with Gasteiger partial charge in [-0.25, -0.2) is 19.3 Å². The van der Waals surface area contributed by atoms with E-state index >= 15 is 0 Å². The molecule has 9 nitrogen and oxygen atoms in total. The monoisotopic (exact) mass is 461 g/mol. The van der Waals surface area contributed by atoms with E-state index < -0.39 is 24.5 Å². The molecule has 0 saturated carbocycles. The van der Waals surface area contributed by atoms with Crippen molar-refractivity contribution in [3.8, 4) is 5.82 Å². The first-order chi connectivity index (χ1) is 14.8. The van der Waals surface area contributed by atoms with E-state index in [0.717, 1.165) is 16.3 Å². The molecule has 0 aliphatic carbocycles. The Morgan fingerprint density at radius 3 is 2.71 bits per heavy atom. The Morgan fingerprint density at radius 1 is 1.23 bits per heavy atom. The van der Waals surface area contributed by atoms with Crippen molar-refractivity contribution in [3.63, 3.8) is 0 Å². The van der Waals surface area contributed by atoms with Gasteiger partial charge in [-0.15, -0.1) is 11.3 Å². The standard InChI is InChI=1S/C20H20ClN5O4S/c1-12-10-13(2)26(25-12)16-6-5-15(21)18(23-16)19(28)30-11-17(27)24-20(29)22-8-7-14-4-3-9-31-14/h3-6,9-10H,7-8,11H2,1-2H3,(H2,22,24,27,29). The molecule has 0 aromatic carbocycles. The summed E-state index contributed by atoms with van der Waals surface area (Å²) in [6.45, 7) is 3.41. The van der Waals surface area contributed by atoms with E-state index in [0.29, 0.717) is 18.8 Å². The number of aromatic nitrogens is 3. The van der Waals surface area contributed by atoms with Gasteiger partial charge in [0.25, 0.3) is 5.91 Å². The van der Waals surface area contributed by atoms with Gasteiger partial charge in [0.15, 0.2) is 18.1 Å². The molecule has 0 atom stereocenters. The van der Waals surface area contributed by atoms with Crippen molar-refractivity contribution in [1.82, 2.24) is 25.4 Å². The molecule has 0 spiro atoms. The molecule has 11 heteroatoms. The maximum atomic E-state index is 12.4. The summed E-state index contributed by atoms with van der Waals surface area (Å²) in [5.41, 5.74) is 1.47. The Morgan fingerprint density at radius 2 is 2.03 bits per heavy atom. The number of urea groups is 1. The average molecular weight is 462 g/mol. The van der Waals surface area contributed by atoms with Crippen molar-refractivity contribution in [2.24, 2.45) is 0 Å². The van der Waals surface area contributed by atoms with E-state index in [1.54, 1.807) is 22.1 Å². The normalized spacial score (nSPS) is 10.5. The summed E-state index contributed by atoms with van der Waals surface area (Å²) >= 11 is 7.65. The molecule has 2 N–H and O–H groups in total. The zero-order valence-electron chi connectivity index (χ0n) is 16.8. The Hall–Kier alpha value is -3.24. The second-order valence-electron chi connectivity index (χ2n) is 6.55. The predicted octanol–water partition coefficient (Wildman–Crippen LogP) is 2.82. The maximum absolute atomic E-state index is 12.4. The molecule has 3 amide bonds. The average Bonchev–Trinajstić information content (AvgIpc) is 3.35. The van der Waals surface area contributed by atoms with Crippen molar-refractivity contribution in [1.29, 1.82) is 0 Å². The molecule has 3 aromatic rings. The lowest BCUT2D eigenvalue weighted by Crippen LogP contribution is -2.42. The predicted molar refractivity (Wildman–Crippen MR) is 116 cm³/mol. The van der Waals surface area contributed by atoms with E-state index in [9.17, 15) is 14.4 Å². The van der Waals surface area contributed by atoms with Crippen LogP contribution in [0.4, 0.5) is 4.79 Å². The molecule has 31 heavy (non-hydrogen) atoms. The number of esters is 1. The van der Waals surface area contributed by atoms with Crippen LogP contribution >= 0.6 is 22.9 Å². The van der Waals surface area contributed by atoms with Crippen LogP contribution < -0.4 is 10.6 Å². The fourth-order valence-corrected chi connectivity index (χ4v) is 3.61. The third-order valence-electron chi connectivity index (χ3n) is 4.08. The number of nitrogens with one attached hydrogen (secondary N) is 2. The van der Waals surface area contributed by atoms with E-state index in [2.05, 4.69) is 20.7 Å². The Labute approximate surface area is 187 Å². The fourth-order valence-electron chi connectivity index (χ4n) is 2.71. The molecule has 3 aromatic heterocycles. The third kappa shape index (κ3) is 6.12. The first-order valence-electron chi connectivity index (χ1n) is 9.31. The van der Waals surface area contributed by atoms with E-state index in [1.165, 1.54) is 6.07 Å². The summed E-state index contributed by atoms with van der Waals surface area (Å²) in [6.07, 6.45) is 0.657. The van der Waals surface area contributed by atoms with Crippen LogP contribution in [0.3, 0.4) is 0 Å². The lowest BCUT2D eigenvalue weighted by atomic mass is 10.3. The van der Waals surface area contributed by atoms with Gasteiger partial charge in [0.2, 0.25) is 0 Å². The van der Waals surface area contributed by atoms with Crippen LogP contribution in [0.1, 0.15) is 26.8 Å². The molecular formula is C20H20ClN5O4S. The number of ether oxygens (including phenoxy) is 1. The van der Waals surface area contributed by atoms with Gasteiger partial charge in [-0.2, -0.15) is 5.10 Å². The maximum Gasteiger partial charge on any atom is 0.359 e. The zero-order valence-corrected chi connectivity index (χ0v) is 18.4. The number of hydrogen-bond donors (Lipinski definition) is 2. The number of aryl methyl sites for hydroxylation is 2. The summed E-state index contributed by atoms with van der Waals surface area (Å²) in [6, 6.07) is 8.19. The molecular weight excluding hydrogens is 442 g/mol. The van der Waals surface area contributed by atoms with Crippen LogP contribution in [-0.2, 0) is 16.0 Å². The Kier molecular flexibility index (Phi) is 7.37. The number of hydrogen-bond acceptors (Lipinski definition) is 7. The van der Waals surface area contributed by atoms with E-state index in [1.807, 2.05) is 37.4 Å². The number of nitrogens with zero attached hydrogens (tertiary/aromatic N) is 3. The van der Waals surface area contributed by atoms with Gasteiger partial charge in [-0.05, 0) is 49.9 Å². The van der Waals surface area contributed by atoms with Gasteiger partial charge in [-0.1, -0.05) is 17.7 Å². The van der Waals surface area contributed by atoms with Crippen molar-refractivity contribution in [2.75, 3.05) is 13.2 Å². The van der Waals surface area contributed by atoms with Gasteiger partial charge < -0.3 is 10.1 Å². The Bertz CT molecular complexity index is 1100. The minimum Gasteiger partial charge on any atom is -0.451 e. The molecule has 162 valence electrons. The van der Waals surface area contributed by atoms with Crippen molar-refractivity contribution in [2.45, 2.75) is 20.3 Å². The lowest BCUT2D eigenvalue weighted by Gasteiger charge is -2.09. The minimum absolute atomic E-state index is 0.0713. The molecule has 3 rings (SSSR count). The number of pyridine rings is 1. The van der Waals surface area contributed by atoms with Gasteiger partial charge in [0.1, 0.15) is 0 Å². The number of rotatable bonds is 7. The second-order valence-corrected chi connectivity index (χ2v) is 7.99. The van der Waals surface area contributed by atoms with Crippen LogP contribution in [0.25, 0.3) is 5.82 Å². The van der Waals surface area contributed by atoms with Gasteiger partial charge in [0, 0.05) is 17.1 Å². The molecule has 3 heterocycles. The van der Waals surface area contributed by atoms with Gasteiger partial charge in [-0.3, -0.25) is 10.1 Å². The van der Waals surface area contributed by atoms with Gasteiger partial charge in [0.05, 0.1) is 10.7 Å². The van der Waals surface area contributed by atoms with Crippen LogP contribution in [0, 0.1) is 13.8 Å². The Balaban J connectivity index is 1.51. The molecule has 0 unspecified atom stereocenters. The highest BCUT2D eigenvalue weighted by atomic mass is 35.5. The van der Waals surface area contributed by atoms with Crippen molar-refractivity contribution in [3.05, 3.63) is 62.7 Å². The number of thiophene rings is 1. The number of carbonyl (C=O) groups excluding carboxylic acids is 3. The number of carbonyl (C=O) groups is 3. The highest BCUT2D eigenvalue weighted by Crippen LogP contribution is 2.18. The minimum atomic E-state index is -0.887. The van der Waals surface area contributed by atoms with E-state index in [-0.39, 0.29) is 10.7 Å². The number of imide groups is 1. The van der Waals surface area contributed by atoms with Crippen LogP contribution in [0.15, 0.2) is 35.7 Å². The van der Waals surface area contributed by atoms with Crippen LogP contribution in [0.2, 0.25) is 5.02 Å². The molecule has 0 fully saturated rings. The summed E-state index contributed by atoms with van der Waals surface area (Å²) in [7, 11) is 0. The summed E-state index contributed by atoms with van der Waals surface area (Å²) in [4.78, 5) is 41.3. The topological polar surface area (TPSA) is 115 Å². The first kappa shape index (κ1) is 22.4. The third-order valence-corrected chi connectivity index (χ3v) is 5.32. The number of amides is 3. The second kappa shape index (κ2) is 10.2. The van der Waals surface area contributed by atoms with Crippen LogP contribution in [-0.4, -0.2) is 45.8 Å². The van der Waals surface area contributed by atoms with Crippen molar-refractivity contribution < 1.29 is 19.1 Å². The quantitative estimate of drug-likeness (QED) is 0.523. The molecule has 0 aliphatic heterocycles. The van der Waals surface area contributed by atoms with Crippen LogP contribution in [0.5, 0.6) is 0 Å². The smallest absolute Gasteiger partial charge is 0.359 e. The zero-order chi connectivity index (χ0) is 22.4. The highest BCUT2D eigenvalue weighted by molar-refractivity contribution is 7.09. The first-order valence-corrected chi connectivity index (χ1v) is 10.6. The molecule has 0 radical (unpaired) electrons. The lowest BCUT2D eigenvalue weighted by molar-refractivity contribution is -0.123. The SMILES string of the molecule is Cc1cc(C)n(-c2ccc(Cl)c(C(=O)OCC(=O)NC(=O)NCCc3cccs3)n2)n1. The summed E-state index contributed by atoms with van der Waals surface area (Å²) in [5.74, 6) is -1.27. The fraction of sp³-hybridized carbons (Fsp3) is 0.250. The van der Waals surface area contributed by atoms with Gasteiger partial charge >= 0.3 is 12.0 Å².